The molecule has 21 heavy (non-hydrogen) atoms. The van der Waals surface area contributed by atoms with Crippen LogP contribution in [-0.2, 0) is 4.79 Å². The second-order valence-electron chi connectivity index (χ2n) is 5.61. The van der Waals surface area contributed by atoms with Crippen LogP contribution < -0.4 is 15.8 Å². The number of rotatable bonds is 5. The van der Waals surface area contributed by atoms with Crippen molar-refractivity contribution in [1.82, 2.24) is 0 Å². The number of anilines is 1. The van der Waals surface area contributed by atoms with Gasteiger partial charge in [0.25, 0.3) is 0 Å². The molecule has 0 aliphatic heterocycles. The van der Waals surface area contributed by atoms with Crippen molar-refractivity contribution >= 4 is 23.2 Å². The van der Waals surface area contributed by atoms with Gasteiger partial charge in [-0.25, -0.2) is 0 Å². The van der Waals surface area contributed by atoms with E-state index in [2.05, 4.69) is 5.32 Å². The number of ether oxygens (including phenoxy) is 1. The molecule has 1 amide bonds. The van der Waals surface area contributed by atoms with E-state index in [1.807, 2.05) is 13.0 Å². The van der Waals surface area contributed by atoms with Gasteiger partial charge >= 0.3 is 0 Å². The van der Waals surface area contributed by atoms with Gasteiger partial charge in [-0.3, -0.25) is 4.79 Å². The highest BCUT2D eigenvalue weighted by atomic mass is 35.5. The molecule has 2 atom stereocenters. The first kappa shape index (κ1) is 16.1. The zero-order valence-electron chi connectivity index (χ0n) is 12.4. The molecule has 0 aromatic heterocycles. The van der Waals surface area contributed by atoms with Crippen molar-refractivity contribution in [2.24, 2.45) is 11.7 Å². The third kappa shape index (κ3) is 4.61. The molecule has 1 saturated carbocycles. The highest BCUT2D eigenvalue weighted by Gasteiger charge is 2.25. The van der Waals surface area contributed by atoms with E-state index < -0.39 is 0 Å². The van der Waals surface area contributed by atoms with Gasteiger partial charge in [-0.2, -0.15) is 0 Å². The van der Waals surface area contributed by atoms with Crippen LogP contribution in [0.15, 0.2) is 18.2 Å². The van der Waals surface area contributed by atoms with Gasteiger partial charge in [0.2, 0.25) is 5.91 Å². The van der Waals surface area contributed by atoms with Crippen molar-refractivity contribution in [2.75, 3.05) is 11.9 Å². The predicted molar refractivity (Wildman–Crippen MR) is 85.8 cm³/mol. The highest BCUT2D eigenvalue weighted by Crippen LogP contribution is 2.29. The Hall–Kier alpha value is -1.26. The molecule has 1 aromatic rings. The van der Waals surface area contributed by atoms with Gasteiger partial charge in [0.1, 0.15) is 5.75 Å². The molecular weight excluding hydrogens is 288 g/mol. The van der Waals surface area contributed by atoms with E-state index >= 15 is 0 Å². The summed E-state index contributed by atoms with van der Waals surface area (Å²) >= 11 is 6.16. The van der Waals surface area contributed by atoms with Crippen LogP contribution in [0.25, 0.3) is 0 Å². The maximum absolute atomic E-state index is 12.2. The fourth-order valence-electron chi connectivity index (χ4n) is 2.62. The standard InChI is InChI=1S/C16H23ClN2O2/c1-2-8-21-15-7-6-13(10-14(15)17)19-16(20)11-4-3-5-12(18)9-11/h6-7,10-12H,2-5,8-9,18H2,1H3,(H,19,20). The maximum atomic E-state index is 12.2. The Balaban J connectivity index is 1.96. The van der Waals surface area contributed by atoms with E-state index in [4.69, 9.17) is 22.1 Å². The molecule has 1 aliphatic carbocycles. The van der Waals surface area contributed by atoms with Crippen molar-refractivity contribution in [2.45, 2.75) is 45.1 Å². The van der Waals surface area contributed by atoms with Gasteiger partial charge in [0, 0.05) is 17.6 Å². The third-order valence-corrected chi connectivity index (χ3v) is 4.04. The summed E-state index contributed by atoms with van der Waals surface area (Å²) in [6.07, 6.45) is 4.63. The fourth-order valence-corrected chi connectivity index (χ4v) is 2.85. The predicted octanol–water partition coefficient (Wildman–Crippen LogP) is 3.58. The number of benzene rings is 1. The van der Waals surface area contributed by atoms with Crippen LogP contribution in [0.4, 0.5) is 5.69 Å². The fraction of sp³-hybridized carbons (Fsp3) is 0.562. The molecule has 4 nitrogen and oxygen atoms in total. The summed E-state index contributed by atoms with van der Waals surface area (Å²) in [5, 5.41) is 3.44. The van der Waals surface area contributed by atoms with Gasteiger partial charge in [-0.15, -0.1) is 0 Å². The van der Waals surface area contributed by atoms with Crippen molar-refractivity contribution < 1.29 is 9.53 Å². The summed E-state index contributed by atoms with van der Waals surface area (Å²) in [5.74, 6) is 0.684. The zero-order chi connectivity index (χ0) is 15.2. The topological polar surface area (TPSA) is 64.3 Å². The van der Waals surface area contributed by atoms with Crippen molar-refractivity contribution in [1.29, 1.82) is 0 Å². The second kappa shape index (κ2) is 7.66. The summed E-state index contributed by atoms with van der Waals surface area (Å²) in [6.45, 7) is 2.67. The monoisotopic (exact) mass is 310 g/mol. The average molecular weight is 311 g/mol. The number of hydrogen-bond acceptors (Lipinski definition) is 3. The van der Waals surface area contributed by atoms with Crippen LogP contribution in [0.3, 0.4) is 0 Å². The van der Waals surface area contributed by atoms with Crippen LogP contribution >= 0.6 is 11.6 Å². The third-order valence-electron chi connectivity index (χ3n) is 3.75. The molecule has 116 valence electrons. The number of carbonyl (C=O) groups excluding carboxylic acids is 1. The van der Waals surface area contributed by atoms with Crippen molar-refractivity contribution in [3.8, 4) is 5.75 Å². The van der Waals surface area contributed by atoms with E-state index in [1.165, 1.54) is 0 Å². The van der Waals surface area contributed by atoms with Gasteiger partial charge in [-0.1, -0.05) is 24.9 Å². The van der Waals surface area contributed by atoms with Crippen LogP contribution in [0.1, 0.15) is 39.0 Å². The number of nitrogens with two attached hydrogens (primary N) is 1. The summed E-state index contributed by atoms with van der Waals surface area (Å²) in [5.41, 5.74) is 6.63. The number of hydrogen-bond donors (Lipinski definition) is 2. The van der Waals surface area contributed by atoms with E-state index in [-0.39, 0.29) is 17.9 Å². The SMILES string of the molecule is CCCOc1ccc(NC(=O)C2CCCC(N)C2)cc1Cl. The van der Waals surface area contributed by atoms with Crippen molar-refractivity contribution in [3.63, 3.8) is 0 Å². The molecular formula is C16H23ClN2O2. The van der Waals surface area contributed by atoms with Gasteiger partial charge < -0.3 is 15.8 Å². The summed E-state index contributed by atoms with van der Waals surface area (Å²) < 4.78 is 5.52. The zero-order valence-corrected chi connectivity index (χ0v) is 13.2. The van der Waals surface area contributed by atoms with E-state index in [0.717, 1.165) is 32.1 Å². The Labute approximate surface area is 131 Å². The molecule has 3 N–H and O–H groups in total. The van der Waals surface area contributed by atoms with E-state index in [9.17, 15) is 4.79 Å². The molecule has 2 unspecified atom stereocenters. The number of nitrogens with one attached hydrogen (secondary N) is 1. The molecule has 5 heteroatoms. The Morgan fingerprint density at radius 1 is 1.48 bits per heavy atom. The summed E-state index contributed by atoms with van der Waals surface area (Å²) in [7, 11) is 0. The first-order valence-corrected chi connectivity index (χ1v) is 7.96. The lowest BCUT2D eigenvalue weighted by atomic mass is 9.85. The first-order valence-electron chi connectivity index (χ1n) is 7.59. The molecule has 1 aliphatic rings. The maximum Gasteiger partial charge on any atom is 0.227 e. The van der Waals surface area contributed by atoms with Crippen LogP contribution in [-0.4, -0.2) is 18.6 Å². The molecule has 1 fully saturated rings. The Morgan fingerprint density at radius 3 is 2.95 bits per heavy atom. The highest BCUT2D eigenvalue weighted by molar-refractivity contribution is 6.32. The lowest BCUT2D eigenvalue weighted by Gasteiger charge is -2.25. The minimum atomic E-state index is 0.00328. The van der Waals surface area contributed by atoms with E-state index in [1.54, 1.807) is 12.1 Å². The van der Waals surface area contributed by atoms with Gasteiger partial charge in [0.05, 0.1) is 11.6 Å². The molecule has 0 saturated heterocycles. The average Bonchev–Trinajstić information content (AvgIpc) is 2.46. The molecule has 0 bridgehead atoms. The minimum absolute atomic E-state index is 0.00328. The minimum Gasteiger partial charge on any atom is -0.492 e. The first-order chi connectivity index (χ1) is 10.1. The largest absolute Gasteiger partial charge is 0.492 e. The molecule has 0 radical (unpaired) electrons. The molecule has 0 heterocycles. The lowest BCUT2D eigenvalue weighted by Crippen LogP contribution is -2.34. The summed E-state index contributed by atoms with van der Waals surface area (Å²) in [4.78, 5) is 12.2. The van der Waals surface area contributed by atoms with Crippen LogP contribution in [0, 0.1) is 5.92 Å². The van der Waals surface area contributed by atoms with E-state index in [0.29, 0.717) is 23.1 Å². The normalized spacial score (nSPS) is 21.9. The quantitative estimate of drug-likeness (QED) is 0.873. The summed E-state index contributed by atoms with van der Waals surface area (Å²) in [6, 6.07) is 5.48. The van der Waals surface area contributed by atoms with Crippen LogP contribution in [0.2, 0.25) is 5.02 Å². The molecule has 2 rings (SSSR count). The van der Waals surface area contributed by atoms with Crippen molar-refractivity contribution in [3.05, 3.63) is 23.2 Å². The Morgan fingerprint density at radius 2 is 2.29 bits per heavy atom. The smallest absolute Gasteiger partial charge is 0.227 e. The number of carbonyl (C=O) groups is 1. The number of halogens is 1. The Bertz CT molecular complexity index is 493. The second-order valence-corrected chi connectivity index (χ2v) is 6.01. The van der Waals surface area contributed by atoms with Gasteiger partial charge in [-0.05, 0) is 43.9 Å². The molecule has 0 spiro atoms. The number of amides is 1. The Kier molecular flexibility index (Phi) is 5.88. The molecule has 1 aromatic carbocycles. The van der Waals surface area contributed by atoms with Crippen LogP contribution in [0.5, 0.6) is 5.75 Å². The lowest BCUT2D eigenvalue weighted by molar-refractivity contribution is -0.120. The van der Waals surface area contributed by atoms with Gasteiger partial charge in [0.15, 0.2) is 0 Å².